The molecule has 19 heavy (non-hydrogen) atoms. The second kappa shape index (κ2) is 6.71. The lowest BCUT2D eigenvalue weighted by molar-refractivity contribution is -0.138. The topological polar surface area (TPSA) is 43.8 Å². The van der Waals surface area contributed by atoms with Crippen molar-refractivity contribution < 1.29 is 9.90 Å². The number of aliphatic hydroxyl groups excluding tert-OH is 1. The molecule has 1 N–H and O–H groups in total. The van der Waals surface area contributed by atoms with Crippen LogP contribution in [-0.4, -0.2) is 59.1 Å². The number of aliphatic hydroxyl groups is 1. The molecule has 110 valence electrons. The summed E-state index contributed by atoms with van der Waals surface area (Å²) >= 11 is 0. The normalized spacial score (nSPS) is 26.2. The summed E-state index contributed by atoms with van der Waals surface area (Å²) in [6.07, 6.45) is 5.38. The molecule has 0 aromatic rings. The number of rotatable bonds is 3. The lowest BCUT2D eigenvalue weighted by atomic mass is 9.91. The molecule has 2 aliphatic heterocycles. The first-order valence-electron chi connectivity index (χ1n) is 7.80. The Bertz CT molecular complexity index is 293. The van der Waals surface area contributed by atoms with Gasteiger partial charge >= 0.3 is 0 Å². The molecule has 2 rings (SSSR count). The average Bonchev–Trinajstić information content (AvgIpc) is 2.46. The predicted octanol–water partition coefficient (Wildman–Crippen LogP) is 1.48. The molecule has 4 nitrogen and oxygen atoms in total. The molecule has 0 spiro atoms. The Balaban J connectivity index is 1.83. The van der Waals surface area contributed by atoms with Crippen molar-refractivity contribution in [1.29, 1.82) is 0 Å². The van der Waals surface area contributed by atoms with Crippen LogP contribution in [0.25, 0.3) is 0 Å². The van der Waals surface area contributed by atoms with Crippen molar-refractivity contribution in [2.75, 3.05) is 26.2 Å². The van der Waals surface area contributed by atoms with E-state index < -0.39 is 0 Å². The molecular formula is C15H28N2O2. The van der Waals surface area contributed by atoms with Gasteiger partial charge in [-0.3, -0.25) is 9.69 Å². The molecule has 0 aromatic carbocycles. The van der Waals surface area contributed by atoms with Crippen molar-refractivity contribution in [3.63, 3.8) is 0 Å². The summed E-state index contributed by atoms with van der Waals surface area (Å²) in [6, 6.07) is 0.00745. The molecular weight excluding hydrogens is 240 g/mol. The first-order chi connectivity index (χ1) is 9.09. The third-order valence-corrected chi connectivity index (χ3v) is 4.83. The molecule has 0 bridgehead atoms. The molecule has 1 amide bonds. The van der Waals surface area contributed by atoms with Crippen molar-refractivity contribution in [2.45, 2.75) is 58.1 Å². The maximum atomic E-state index is 12.4. The molecule has 0 radical (unpaired) electrons. The summed E-state index contributed by atoms with van der Waals surface area (Å²) < 4.78 is 0. The second-order valence-corrected chi connectivity index (χ2v) is 6.18. The van der Waals surface area contributed by atoms with Gasteiger partial charge in [0.25, 0.3) is 0 Å². The fraction of sp³-hybridized carbons (Fsp3) is 0.933. The zero-order chi connectivity index (χ0) is 13.8. The quantitative estimate of drug-likeness (QED) is 0.843. The van der Waals surface area contributed by atoms with E-state index in [0.29, 0.717) is 11.8 Å². The Morgan fingerprint density at radius 1 is 1.05 bits per heavy atom. The minimum absolute atomic E-state index is 0.00745. The number of carbonyl (C=O) groups is 1. The maximum Gasteiger partial charge on any atom is 0.239 e. The smallest absolute Gasteiger partial charge is 0.239 e. The van der Waals surface area contributed by atoms with Gasteiger partial charge in [-0.25, -0.2) is 0 Å². The maximum absolute atomic E-state index is 12.4. The third-order valence-electron chi connectivity index (χ3n) is 4.83. The van der Waals surface area contributed by atoms with Crippen LogP contribution in [0.2, 0.25) is 0 Å². The van der Waals surface area contributed by atoms with E-state index in [-0.39, 0.29) is 12.1 Å². The zero-order valence-electron chi connectivity index (χ0n) is 12.3. The number of likely N-dealkylation sites (tertiary alicyclic amines) is 2. The van der Waals surface area contributed by atoms with Gasteiger partial charge in [0.2, 0.25) is 5.91 Å². The minimum Gasteiger partial charge on any atom is -0.393 e. The van der Waals surface area contributed by atoms with Crippen molar-refractivity contribution >= 4 is 5.91 Å². The van der Waals surface area contributed by atoms with Gasteiger partial charge < -0.3 is 10.0 Å². The predicted molar refractivity (Wildman–Crippen MR) is 75.9 cm³/mol. The van der Waals surface area contributed by atoms with E-state index in [1.165, 1.54) is 6.42 Å². The largest absolute Gasteiger partial charge is 0.393 e. The molecule has 0 aliphatic carbocycles. The van der Waals surface area contributed by atoms with Crippen LogP contribution in [0.5, 0.6) is 0 Å². The fourth-order valence-corrected chi connectivity index (χ4v) is 3.32. The Morgan fingerprint density at radius 3 is 2.16 bits per heavy atom. The summed E-state index contributed by atoms with van der Waals surface area (Å²) in [6.45, 7) is 7.68. The lowest BCUT2D eigenvalue weighted by Crippen LogP contribution is -2.51. The van der Waals surface area contributed by atoms with Crippen molar-refractivity contribution in [3.8, 4) is 0 Å². The van der Waals surface area contributed by atoms with Crippen LogP contribution in [0, 0.1) is 5.92 Å². The number of hydrogen-bond acceptors (Lipinski definition) is 3. The number of carbonyl (C=O) groups excluding carboxylic acids is 1. The summed E-state index contributed by atoms with van der Waals surface area (Å²) in [5.41, 5.74) is 0. The number of piperidine rings is 2. The molecule has 2 heterocycles. The van der Waals surface area contributed by atoms with Gasteiger partial charge in [-0.05, 0) is 65.0 Å². The Labute approximate surface area is 116 Å². The van der Waals surface area contributed by atoms with E-state index in [9.17, 15) is 9.90 Å². The van der Waals surface area contributed by atoms with E-state index in [2.05, 4.69) is 4.90 Å². The van der Waals surface area contributed by atoms with Gasteiger partial charge in [0.05, 0.1) is 12.1 Å². The summed E-state index contributed by atoms with van der Waals surface area (Å²) in [5, 5.41) is 9.62. The van der Waals surface area contributed by atoms with Crippen molar-refractivity contribution in [3.05, 3.63) is 0 Å². The van der Waals surface area contributed by atoms with Gasteiger partial charge in [-0.15, -0.1) is 0 Å². The first kappa shape index (κ1) is 14.8. The highest BCUT2D eigenvalue weighted by atomic mass is 16.3. The van der Waals surface area contributed by atoms with Crippen molar-refractivity contribution in [2.24, 2.45) is 5.92 Å². The van der Waals surface area contributed by atoms with Crippen LogP contribution in [0.1, 0.15) is 46.0 Å². The third kappa shape index (κ3) is 3.69. The second-order valence-electron chi connectivity index (χ2n) is 6.18. The highest BCUT2D eigenvalue weighted by Gasteiger charge is 2.30. The highest BCUT2D eigenvalue weighted by Crippen LogP contribution is 2.23. The van der Waals surface area contributed by atoms with Crippen LogP contribution in [0.4, 0.5) is 0 Å². The van der Waals surface area contributed by atoms with Crippen LogP contribution in [0.3, 0.4) is 0 Å². The summed E-state index contributed by atoms with van der Waals surface area (Å²) in [7, 11) is 0. The number of nitrogens with zero attached hydrogens (tertiary/aromatic N) is 2. The molecule has 2 atom stereocenters. The van der Waals surface area contributed by atoms with Crippen LogP contribution in [-0.2, 0) is 4.79 Å². The molecule has 2 fully saturated rings. The lowest BCUT2D eigenvalue weighted by Gasteiger charge is -2.38. The fourth-order valence-electron chi connectivity index (χ4n) is 3.32. The van der Waals surface area contributed by atoms with Gasteiger partial charge in [0.1, 0.15) is 0 Å². The summed E-state index contributed by atoms with van der Waals surface area (Å²) in [5.74, 6) is 0.712. The Morgan fingerprint density at radius 2 is 1.63 bits per heavy atom. The molecule has 2 aliphatic rings. The molecule has 4 heteroatoms. The van der Waals surface area contributed by atoms with Gasteiger partial charge in [-0.1, -0.05) is 0 Å². The van der Waals surface area contributed by atoms with Crippen LogP contribution >= 0.6 is 0 Å². The van der Waals surface area contributed by atoms with Crippen molar-refractivity contribution in [1.82, 2.24) is 9.80 Å². The Hall–Kier alpha value is -0.610. The first-order valence-corrected chi connectivity index (χ1v) is 7.80. The standard InChI is InChI=1S/C15H28N2O2/c1-12(15(19)17-8-4-3-5-9-17)16-10-6-14(7-11-16)13(2)18/h12-14,18H,3-11H2,1-2H3. The zero-order valence-corrected chi connectivity index (χ0v) is 12.3. The molecule has 2 saturated heterocycles. The summed E-state index contributed by atoms with van der Waals surface area (Å²) in [4.78, 5) is 16.8. The van der Waals surface area contributed by atoms with Gasteiger partial charge in [-0.2, -0.15) is 0 Å². The molecule has 0 aromatic heterocycles. The van der Waals surface area contributed by atoms with E-state index in [4.69, 9.17) is 0 Å². The highest BCUT2D eigenvalue weighted by molar-refractivity contribution is 5.81. The number of hydrogen-bond donors (Lipinski definition) is 1. The van der Waals surface area contributed by atoms with Gasteiger partial charge in [0.15, 0.2) is 0 Å². The monoisotopic (exact) mass is 268 g/mol. The number of amides is 1. The van der Waals surface area contributed by atoms with E-state index in [1.807, 2.05) is 18.7 Å². The van der Waals surface area contributed by atoms with E-state index in [0.717, 1.165) is 51.9 Å². The average molecular weight is 268 g/mol. The van der Waals surface area contributed by atoms with Gasteiger partial charge in [0, 0.05) is 13.1 Å². The van der Waals surface area contributed by atoms with E-state index in [1.54, 1.807) is 0 Å². The molecule has 0 saturated carbocycles. The van der Waals surface area contributed by atoms with Crippen LogP contribution < -0.4 is 0 Å². The SMILES string of the molecule is CC(O)C1CCN(C(C)C(=O)N2CCCCC2)CC1. The van der Waals surface area contributed by atoms with Crippen LogP contribution in [0.15, 0.2) is 0 Å². The Kier molecular flexibility index (Phi) is 5.22. The minimum atomic E-state index is -0.213. The van der Waals surface area contributed by atoms with E-state index >= 15 is 0 Å². The molecule has 2 unspecified atom stereocenters.